The lowest BCUT2D eigenvalue weighted by Crippen LogP contribution is -2.31. The second-order valence-electron chi connectivity index (χ2n) is 3.11. The van der Waals surface area contributed by atoms with Crippen molar-refractivity contribution in [3.63, 3.8) is 0 Å². The van der Waals surface area contributed by atoms with E-state index in [1.54, 1.807) is 31.4 Å². The molecule has 0 saturated carbocycles. The van der Waals surface area contributed by atoms with Gasteiger partial charge in [0.25, 0.3) is 0 Å². The summed E-state index contributed by atoms with van der Waals surface area (Å²) >= 11 is 0. The number of hydrogen-bond acceptors (Lipinski definition) is 4. The van der Waals surface area contributed by atoms with Gasteiger partial charge in [0.15, 0.2) is 0 Å². The van der Waals surface area contributed by atoms with E-state index in [-0.39, 0.29) is 0 Å². The van der Waals surface area contributed by atoms with Crippen LogP contribution in [0, 0.1) is 0 Å². The van der Waals surface area contributed by atoms with Crippen LogP contribution in [0.5, 0.6) is 5.75 Å². The normalized spacial score (nSPS) is 10.1. The van der Waals surface area contributed by atoms with E-state index in [1.807, 2.05) is 0 Å². The number of methoxy groups -OCH3 is 1. The summed E-state index contributed by atoms with van der Waals surface area (Å²) in [5.41, 5.74) is 0.384. The molecular formula is C10H15BO4. The summed E-state index contributed by atoms with van der Waals surface area (Å²) in [5, 5.41) is 18.1. The van der Waals surface area contributed by atoms with Crippen molar-refractivity contribution in [1.29, 1.82) is 0 Å². The molecule has 0 bridgehead atoms. The highest BCUT2D eigenvalue weighted by atomic mass is 16.5. The van der Waals surface area contributed by atoms with E-state index >= 15 is 0 Å². The predicted octanol–water partition coefficient (Wildman–Crippen LogP) is -0.218. The standard InChI is InChI=1S/C10H15BO4/c1-14-7-4-8-15-10-6-3-2-5-9(10)11(12)13/h2-3,5-6,12-13H,4,7-8H2,1H3. The largest absolute Gasteiger partial charge is 0.494 e. The van der Waals surface area contributed by atoms with Gasteiger partial charge in [-0.2, -0.15) is 0 Å². The Kier molecular flexibility index (Phi) is 5.17. The second kappa shape index (κ2) is 6.45. The molecule has 0 saturated heterocycles. The molecular weight excluding hydrogens is 195 g/mol. The van der Waals surface area contributed by atoms with E-state index in [4.69, 9.17) is 19.5 Å². The molecule has 1 aromatic carbocycles. The third-order valence-electron chi connectivity index (χ3n) is 1.95. The van der Waals surface area contributed by atoms with Crippen LogP contribution in [0.3, 0.4) is 0 Å². The molecule has 0 heterocycles. The molecule has 1 aromatic rings. The van der Waals surface area contributed by atoms with Crippen molar-refractivity contribution in [1.82, 2.24) is 0 Å². The average Bonchev–Trinajstić information content (AvgIpc) is 2.25. The first kappa shape index (κ1) is 12.0. The number of ether oxygens (including phenoxy) is 2. The quantitative estimate of drug-likeness (QED) is 0.503. The van der Waals surface area contributed by atoms with Crippen molar-refractivity contribution in [2.24, 2.45) is 0 Å². The minimum atomic E-state index is -1.50. The van der Waals surface area contributed by atoms with E-state index < -0.39 is 7.12 Å². The van der Waals surface area contributed by atoms with Crippen LogP contribution in [-0.4, -0.2) is 37.5 Å². The van der Waals surface area contributed by atoms with Crippen LogP contribution in [0.25, 0.3) is 0 Å². The van der Waals surface area contributed by atoms with Gasteiger partial charge in [-0.3, -0.25) is 0 Å². The Morgan fingerprint density at radius 3 is 2.60 bits per heavy atom. The van der Waals surface area contributed by atoms with E-state index in [9.17, 15) is 0 Å². The first-order chi connectivity index (χ1) is 7.25. The number of hydrogen-bond donors (Lipinski definition) is 2. The molecule has 15 heavy (non-hydrogen) atoms. The first-order valence-corrected chi connectivity index (χ1v) is 4.82. The van der Waals surface area contributed by atoms with E-state index in [0.717, 1.165) is 6.42 Å². The molecule has 0 aromatic heterocycles. The van der Waals surface area contributed by atoms with Gasteiger partial charge in [-0.15, -0.1) is 0 Å². The molecule has 0 radical (unpaired) electrons. The fourth-order valence-electron chi connectivity index (χ4n) is 1.21. The maximum absolute atomic E-state index is 9.06. The van der Waals surface area contributed by atoms with Gasteiger partial charge in [-0.1, -0.05) is 18.2 Å². The van der Waals surface area contributed by atoms with Gasteiger partial charge < -0.3 is 19.5 Å². The Morgan fingerprint density at radius 1 is 1.20 bits per heavy atom. The molecule has 4 nitrogen and oxygen atoms in total. The molecule has 0 aliphatic rings. The van der Waals surface area contributed by atoms with Crippen molar-refractivity contribution in [2.45, 2.75) is 6.42 Å². The highest BCUT2D eigenvalue weighted by Crippen LogP contribution is 2.07. The summed E-state index contributed by atoms with van der Waals surface area (Å²) in [7, 11) is 0.134. The second-order valence-corrected chi connectivity index (χ2v) is 3.11. The molecule has 2 N–H and O–H groups in total. The zero-order chi connectivity index (χ0) is 11.1. The third-order valence-corrected chi connectivity index (χ3v) is 1.95. The smallest absolute Gasteiger partial charge is 0.492 e. The lowest BCUT2D eigenvalue weighted by molar-refractivity contribution is 0.172. The molecule has 0 aliphatic carbocycles. The Labute approximate surface area is 89.6 Å². The summed E-state index contributed by atoms with van der Waals surface area (Å²) in [6, 6.07) is 6.85. The van der Waals surface area contributed by atoms with Gasteiger partial charge in [-0.25, -0.2) is 0 Å². The van der Waals surface area contributed by atoms with Gasteiger partial charge in [-0.05, 0) is 6.07 Å². The van der Waals surface area contributed by atoms with Crippen LogP contribution in [0.2, 0.25) is 0 Å². The first-order valence-electron chi connectivity index (χ1n) is 4.82. The molecule has 0 unspecified atom stereocenters. The maximum Gasteiger partial charge on any atom is 0.492 e. The van der Waals surface area contributed by atoms with Crippen LogP contribution in [0.1, 0.15) is 6.42 Å². The van der Waals surface area contributed by atoms with Gasteiger partial charge >= 0.3 is 7.12 Å². The molecule has 0 amide bonds. The topological polar surface area (TPSA) is 58.9 Å². The maximum atomic E-state index is 9.06. The summed E-state index contributed by atoms with van der Waals surface area (Å²) in [6.07, 6.45) is 0.770. The highest BCUT2D eigenvalue weighted by Gasteiger charge is 2.15. The molecule has 5 heteroatoms. The molecule has 0 spiro atoms. The van der Waals surface area contributed by atoms with Crippen LogP contribution < -0.4 is 10.2 Å². The number of para-hydroxylation sites is 1. The van der Waals surface area contributed by atoms with Crippen LogP contribution in [0.4, 0.5) is 0 Å². The van der Waals surface area contributed by atoms with Crippen LogP contribution >= 0.6 is 0 Å². The van der Waals surface area contributed by atoms with Gasteiger partial charge in [0.2, 0.25) is 0 Å². The van der Waals surface area contributed by atoms with E-state index in [0.29, 0.717) is 24.4 Å². The Balaban J connectivity index is 2.52. The fourth-order valence-corrected chi connectivity index (χ4v) is 1.21. The van der Waals surface area contributed by atoms with Gasteiger partial charge in [0.1, 0.15) is 5.75 Å². The van der Waals surface area contributed by atoms with Crippen molar-refractivity contribution >= 4 is 12.6 Å². The lowest BCUT2D eigenvalue weighted by Gasteiger charge is -2.10. The Morgan fingerprint density at radius 2 is 1.93 bits per heavy atom. The Bertz CT molecular complexity index is 291. The van der Waals surface area contributed by atoms with Crippen molar-refractivity contribution in [3.05, 3.63) is 24.3 Å². The minimum absolute atomic E-state index is 0.384. The summed E-state index contributed by atoms with van der Waals surface area (Å²) in [6.45, 7) is 1.13. The van der Waals surface area contributed by atoms with Gasteiger partial charge in [0, 0.05) is 25.6 Å². The number of benzene rings is 1. The molecule has 0 atom stereocenters. The van der Waals surface area contributed by atoms with Crippen molar-refractivity contribution in [2.75, 3.05) is 20.3 Å². The molecule has 0 fully saturated rings. The summed E-state index contributed by atoms with van der Waals surface area (Å²) in [5.74, 6) is 0.503. The third kappa shape index (κ3) is 3.91. The fraction of sp³-hybridized carbons (Fsp3) is 0.400. The molecule has 1 rings (SSSR count). The Hall–Kier alpha value is -1.04. The van der Waals surface area contributed by atoms with Crippen molar-refractivity contribution < 1.29 is 19.5 Å². The van der Waals surface area contributed by atoms with Crippen molar-refractivity contribution in [3.8, 4) is 5.75 Å². The summed E-state index contributed by atoms with van der Waals surface area (Å²) < 4.78 is 10.3. The monoisotopic (exact) mass is 210 g/mol. The van der Waals surface area contributed by atoms with Gasteiger partial charge in [0.05, 0.1) is 6.61 Å². The predicted molar refractivity (Wildman–Crippen MR) is 58.3 cm³/mol. The molecule has 82 valence electrons. The van der Waals surface area contributed by atoms with Crippen LogP contribution in [-0.2, 0) is 4.74 Å². The average molecular weight is 210 g/mol. The summed E-state index contributed by atoms with van der Waals surface area (Å²) in [4.78, 5) is 0. The zero-order valence-electron chi connectivity index (χ0n) is 8.72. The van der Waals surface area contributed by atoms with E-state index in [1.165, 1.54) is 0 Å². The SMILES string of the molecule is COCCCOc1ccccc1B(O)O. The number of rotatable bonds is 6. The van der Waals surface area contributed by atoms with E-state index in [2.05, 4.69) is 0 Å². The highest BCUT2D eigenvalue weighted by molar-refractivity contribution is 6.59. The van der Waals surface area contributed by atoms with Crippen LogP contribution in [0.15, 0.2) is 24.3 Å². The lowest BCUT2D eigenvalue weighted by atomic mass is 9.79. The minimum Gasteiger partial charge on any atom is -0.494 e. The molecule has 0 aliphatic heterocycles. The zero-order valence-corrected chi connectivity index (χ0v) is 8.72.